The van der Waals surface area contributed by atoms with Crippen LogP contribution in [0.2, 0.25) is 0 Å². The average molecular weight is 327 g/mol. The molecule has 0 fully saturated rings. The lowest BCUT2D eigenvalue weighted by molar-refractivity contribution is -0.384. The summed E-state index contributed by atoms with van der Waals surface area (Å²) in [5.74, 6) is 0. The highest BCUT2D eigenvalue weighted by Gasteiger charge is 2.20. The van der Waals surface area contributed by atoms with Crippen LogP contribution in [-0.4, -0.2) is 13.3 Å². The number of nitro groups is 1. The highest BCUT2D eigenvalue weighted by Crippen LogP contribution is 2.25. The maximum absolute atomic E-state index is 12.2. The van der Waals surface area contributed by atoms with Gasteiger partial charge in [-0.1, -0.05) is 0 Å². The van der Waals surface area contributed by atoms with Crippen LogP contribution in [0, 0.1) is 17.0 Å². The summed E-state index contributed by atoms with van der Waals surface area (Å²) in [7, 11) is -3.83. The van der Waals surface area contributed by atoms with Crippen molar-refractivity contribution in [2.45, 2.75) is 18.4 Å². The minimum absolute atomic E-state index is 0.0763. The van der Waals surface area contributed by atoms with Crippen molar-refractivity contribution in [2.24, 2.45) is 0 Å². The molecule has 0 aliphatic rings. The van der Waals surface area contributed by atoms with Crippen molar-refractivity contribution >= 4 is 32.7 Å². The number of sulfonamides is 1. The molecule has 1 aromatic carbocycles. The fourth-order valence-electron chi connectivity index (χ4n) is 1.67. The molecule has 2 rings (SSSR count). The summed E-state index contributed by atoms with van der Waals surface area (Å²) in [4.78, 5) is 9.91. The van der Waals surface area contributed by atoms with Crippen LogP contribution in [0.3, 0.4) is 0 Å². The standard InChI is InChI=1S/C12H13N3O4S2/c1-8-6-20-7-9(8)5-14-21(18,19)10-2-3-11(13)12(4-10)15(16)17/h2-4,6-7,14H,5,13H2,1H3. The van der Waals surface area contributed by atoms with E-state index >= 15 is 0 Å². The van der Waals surface area contributed by atoms with Crippen molar-refractivity contribution in [3.05, 3.63) is 50.2 Å². The van der Waals surface area contributed by atoms with E-state index in [1.807, 2.05) is 17.7 Å². The number of nitro benzene ring substituents is 1. The quantitative estimate of drug-likeness (QED) is 0.495. The second kappa shape index (κ2) is 5.80. The number of nitrogens with two attached hydrogens (primary N) is 1. The van der Waals surface area contributed by atoms with Gasteiger partial charge in [0.25, 0.3) is 5.69 Å². The number of nitrogens with one attached hydrogen (secondary N) is 1. The van der Waals surface area contributed by atoms with Gasteiger partial charge >= 0.3 is 0 Å². The number of hydrogen-bond acceptors (Lipinski definition) is 6. The van der Waals surface area contributed by atoms with E-state index in [1.165, 1.54) is 23.5 Å². The Balaban J connectivity index is 2.26. The number of thiophene rings is 1. The minimum Gasteiger partial charge on any atom is -0.393 e. The zero-order chi connectivity index (χ0) is 15.6. The summed E-state index contributed by atoms with van der Waals surface area (Å²) >= 11 is 1.48. The van der Waals surface area contributed by atoms with Gasteiger partial charge in [0.2, 0.25) is 10.0 Å². The van der Waals surface area contributed by atoms with Crippen LogP contribution in [0.4, 0.5) is 11.4 Å². The number of rotatable bonds is 5. The molecule has 0 unspecified atom stereocenters. The summed E-state index contributed by atoms with van der Waals surface area (Å²) in [5.41, 5.74) is 6.81. The summed E-state index contributed by atoms with van der Waals surface area (Å²) < 4.78 is 26.7. The van der Waals surface area contributed by atoms with Crippen LogP contribution in [0.1, 0.15) is 11.1 Å². The molecule has 2 aromatic rings. The Morgan fingerprint density at radius 1 is 1.38 bits per heavy atom. The molecule has 9 heteroatoms. The van der Waals surface area contributed by atoms with Crippen LogP contribution in [0.25, 0.3) is 0 Å². The first-order valence-corrected chi connectivity index (χ1v) is 8.29. The molecule has 0 radical (unpaired) electrons. The maximum Gasteiger partial charge on any atom is 0.293 e. The van der Waals surface area contributed by atoms with Crippen molar-refractivity contribution < 1.29 is 13.3 Å². The molecule has 21 heavy (non-hydrogen) atoms. The molecule has 1 aromatic heterocycles. The summed E-state index contributed by atoms with van der Waals surface area (Å²) in [6, 6.07) is 3.41. The number of benzene rings is 1. The second-order valence-corrected chi connectivity index (χ2v) is 6.89. The topological polar surface area (TPSA) is 115 Å². The van der Waals surface area contributed by atoms with Gasteiger partial charge in [-0.3, -0.25) is 10.1 Å². The molecular formula is C12H13N3O4S2. The summed E-state index contributed by atoms with van der Waals surface area (Å²) in [6.07, 6.45) is 0. The molecule has 7 nitrogen and oxygen atoms in total. The Morgan fingerprint density at radius 3 is 2.67 bits per heavy atom. The Hall–Kier alpha value is -1.97. The third kappa shape index (κ3) is 3.38. The van der Waals surface area contributed by atoms with Gasteiger partial charge in [0.1, 0.15) is 5.69 Å². The van der Waals surface area contributed by atoms with Crippen LogP contribution < -0.4 is 10.5 Å². The van der Waals surface area contributed by atoms with Crippen molar-refractivity contribution in [1.29, 1.82) is 0 Å². The van der Waals surface area contributed by atoms with Gasteiger partial charge < -0.3 is 5.73 Å². The normalized spacial score (nSPS) is 11.5. The SMILES string of the molecule is Cc1cscc1CNS(=O)(=O)c1ccc(N)c([N+](=O)[O-])c1. The third-order valence-corrected chi connectivity index (χ3v) is 5.23. The molecule has 0 aliphatic carbocycles. The molecular weight excluding hydrogens is 314 g/mol. The zero-order valence-corrected chi connectivity index (χ0v) is 12.7. The van der Waals surface area contributed by atoms with Crippen molar-refractivity contribution in [1.82, 2.24) is 4.72 Å². The van der Waals surface area contributed by atoms with E-state index in [0.29, 0.717) is 0 Å². The fraction of sp³-hybridized carbons (Fsp3) is 0.167. The first-order valence-electron chi connectivity index (χ1n) is 5.86. The molecule has 3 N–H and O–H groups in total. The molecule has 0 saturated carbocycles. The van der Waals surface area contributed by atoms with Crippen molar-refractivity contribution in [3.63, 3.8) is 0 Å². The second-order valence-electron chi connectivity index (χ2n) is 4.38. The highest BCUT2D eigenvalue weighted by molar-refractivity contribution is 7.89. The van der Waals surface area contributed by atoms with E-state index < -0.39 is 20.6 Å². The number of aryl methyl sites for hydroxylation is 1. The van der Waals surface area contributed by atoms with Gasteiger partial charge in [-0.05, 0) is 40.9 Å². The average Bonchev–Trinajstić information content (AvgIpc) is 2.82. The van der Waals surface area contributed by atoms with Gasteiger partial charge in [0.05, 0.1) is 9.82 Å². The lowest BCUT2D eigenvalue weighted by Crippen LogP contribution is -2.23. The van der Waals surface area contributed by atoms with Crippen LogP contribution in [-0.2, 0) is 16.6 Å². The first kappa shape index (κ1) is 15.4. The Kier molecular flexibility index (Phi) is 4.26. The molecule has 1 heterocycles. The van der Waals surface area contributed by atoms with Gasteiger partial charge in [-0.25, -0.2) is 13.1 Å². The molecule has 0 atom stereocenters. The molecule has 0 amide bonds. The van der Waals surface area contributed by atoms with E-state index in [-0.39, 0.29) is 17.1 Å². The lowest BCUT2D eigenvalue weighted by atomic mass is 10.2. The van der Waals surface area contributed by atoms with Crippen LogP contribution >= 0.6 is 11.3 Å². The predicted octanol–water partition coefficient (Wildman–Crippen LogP) is 2.03. The summed E-state index contributed by atoms with van der Waals surface area (Å²) in [6.45, 7) is 2.02. The molecule has 0 saturated heterocycles. The summed E-state index contributed by atoms with van der Waals surface area (Å²) in [5, 5.41) is 14.6. The maximum atomic E-state index is 12.2. The lowest BCUT2D eigenvalue weighted by Gasteiger charge is -2.07. The van der Waals surface area contributed by atoms with Crippen LogP contribution in [0.5, 0.6) is 0 Å². The Labute approximate surface area is 125 Å². The van der Waals surface area contributed by atoms with E-state index in [2.05, 4.69) is 4.72 Å². The smallest absolute Gasteiger partial charge is 0.293 e. The van der Waals surface area contributed by atoms with Crippen LogP contribution in [0.15, 0.2) is 33.9 Å². The van der Waals surface area contributed by atoms with Gasteiger partial charge in [0, 0.05) is 12.6 Å². The Bertz CT molecular complexity index is 784. The van der Waals surface area contributed by atoms with E-state index in [4.69, 9.17) is 5.73 Å². The third-order valence-electron chi connectivity index (χ3n) is 2.92. The fourth-order valence-corrected chi connectivity index (χ4v) is 3.56. The van der Waals surface area contributed by atoms with Gasteiger partial charge in [-0.2, -0.15) is 11.3 Å². The monoisotopic (exact) mass is 327 g/mol. The number of nitrogen functional groups attached to an aromatic ring is 1. The molecule has 0 spiro atoms. The molecule has 0 aliphatic heterocycles. The predicted molar refractivity (Wildman–Crippen MR) is 80.6 cm³/mol. The van der Waals surface area contributed by atoms with E-state index in [1.54, 1.807) is 0 Å². The number of hydrogen-bond donors (Lipinski definition) is 2. The van der Waals surface area contributed by atoms with Gasteiger partial charge in [-0.15, -0.1) is 0 Å². The Morgan fingerprint density at radius 2 is 2.10 bits per heavy atom. The first-order chi connectivity index (χ1) is 9.81. The largest absolute Gasteiger partial charge is 0.393 e. The number of anilines is 1. The van der Waals surface area contributed by atoms with E-state index in [9.17, 15) is 18.5 Å². The van der Waals surface area contributed by atoms with Gasteiger partial charge in [0.15, 0.2) is 0 Å². The zero-order valence-electron chi connectivity index (χ0n) is 11.1. The van der Waals surface area contributed by atoms with Crippen molar-refractivity contribution in [2.75, 3.05) is 5.73 Å². The van der Waals surface area contributed by atoms with E-state index in [0.717, 1.165) is 17.2 Å². The van der Waals surface area contributed by atoms with Crippen molar-refractivity contribution in [3.8, 4) is 0 Å². The number of nitrogens with zero attached hydrogens (tertiary/aromatic N) is 1. The molecule has 112 valence electrons. The highest BCUT2D eigenvalue weighted by atomic mass is 32.2. The molecule has 0 bridgehead atoms. The minimum atomic E-state index is -3.83.